The fourth-order valence-electron chi connectivity index (χ4n) is 7.06. The van der Waals surface area contributed by atoms with Crippen LogP contribution in [0.5, 0.6) is 0 Å². The third kappa shape index (κ3) is 38.2. The Balaban J connectivity index is 3.50. The van der Waals surface area contributed by atoms with Crippen molar-refractivity contribution in [3.63, 3.8) is 0 Å². The van der Waals surface area contributed by atoms with E-state index in [1.165, 1.54) is 199 Å². The molecule has 0 aliphatic carbocycles. The van der Waals surface area contributed by atoms with Gasteiger partial charge in [0.05, 0.1) is 18.8 Å². The quantitative estimate of drug-likeness (QED) is 0.0441. The predicted octanol–water partition coefficient (Wildman–Crippen LogP) is 13.9. The summed E-state index contributed by atoms with van der Waals surface area (Å²) in [5.41, 5.74) is 0. The molecular formula is C45H89NO3. The number of unbranched alkanes of at least 4 members (excludes halogenated alkanes) is 32. The summed E-state index contributed by atoms with van der Waals surface area (Å²) in [4.78, 5) is 12.4. The van der Waals surface area contributed by atoms with Crippen LogP contribution in [-0.4, -0.2) is 34.9 Å². The number of hydrogen-bond donors (Lipinski definition) is 3. The van der Waals surface area contributed by atoms with E-state index in [0.717, 1.165) is 25.7 Å². The average Bonchev–Trinajstić information content (AvgIpc) is 3.10. The number of aliphatic hydroxyl groups is 2. The molecule has 0 aromatic heterocycles. The Labute approximate surface area is 307 Å². The van der Waals surface area contributed by atoms with Crippen LogP contribution in [0.4, 0.5) is 0 Å². The van der Waals surface area contributed by atoms with Gasteiger partial charge in [0.25, 0.3) is 0 Å². The second kappa shape index (κ2) is 41.5. The fourth-order valence-corrected chi connectivity index (χ4v) is 7.06. The number of aliphatic hydroxyl groups excluding tert-OH is 2. The molecule has 3 N–H and O–H groups in total. The van der Waals surface area contributed by atoms with Crippen LogP contribution in [0.25, 0.3) is 0 Å². The first-order chi connectivity index (χ1) is 24.2. The summed E-state index contributed by atoms with van der Waals surface area (Å²) in [7, 11) is 0. The maximum atomic E-state index is 12.4. The van der Waals surface area contributed by atoms with Crippen LogP contribution in [0.15, 0.2) is 12.2 Å². The molecule has 0 aromatic carbocycles. The van der Waals surface area contributed by atoms with E-state index in [1.807, 2.05) is 0 Å². The van der Waals surface area contributed by atoms with Gasteiger partial charge in [-0.15, -0.1) is 0 Å². The van der Waals surface area contributed by atoms with Crippen molar-refractivity contribution in [2.75, 3.05) is 6.61 Å². The first-order valence-electron chi connectivity index (χ1n) is 22.4. The average molecular weight is 692 g/mol. The Kier molecular flexibility index (Phi) is 40.8. The van der Waals surface area contributed by atoms with E-state index in [9.17, 15) is 15.0 Å². The van der Waals surface area contributed by atoms with Gasteiger partial charge in [0.1, 0.15) is 0 Å². The van der Waals surface area contributed by atoms with Crippen molar-refractivity contribution in [2.24, 2.45) is 0 Å². The van der Waals surface area contributed by atoms with Crippen molar-refractivity contribution in [1.29, 1.82) is 0 Å². The number of rotatable bonds is 41. The van der Waals surface area contributed by atoms with E-state index in [0.29, 0.717) is 12.8 Å². The number of hydrogen-bond acceptors (Lipinski definition) is 3. The molecule has 1 amide bonds. The second-order valence-electron chi connectivity index (χ2n) is 15.5. The van der Waals surface area contributed by atoms with Gasteiger partial charge in [-0.3, -0.25) is 4.79 Å². The molecule has 0 aromatic rings. The molecule has 292 valence electrons. The highest BCUT2D eigenvalue weighted by atomic mass is 16.3. The zero-order valence-corrected chi connectivity index (χ0v) is 33.5. The zero-order valence-electron chi connectivity index (χ0n) is 33.5. The van der Waals surface area contributed by atoms with Crippen LogP contribution in [-0.2, 0) is 4.79 Å². The van der Waals surface area contributed by atoms with Crippen LogP contribution >= 0.6 is 0 Å². The maximum absolute atomic E-state index is 12.4. The van der Waals surface area contributed by atoms with E-state index in [4.69, 9.17) is 0 Å². The van der Waals surface area contributed by atoms with Gasteiger partial charge in [-0.25, -0.2) is 0 Å². The summed E-state index contributed by atoms with van der Waals surface area (Å²) in [6.07, 6.45) is 51.4. The smallest absolute Gasteiger partial charge is 0.220 e. The number of carbonyl (C=O) groups is 1. The number of nitrogens with one attached hydrogen (secondary N) is 1. The summed E-state index contributed by atoms with van der Waals surface area (Å²) < 4.78 is 0. The minimum Gasteiger partial charge on any atom is -0.394 e. The molecule has 4 nitrogen and oxygen atoms in total. The fraction of sp³-hybridized carbons (Fsp3) is 0.933. The lowest BCUT2D eigenvalue weighted by Crippen LogP contribution is -2.45. The molecular weight excluding hydrogens is 602 g/mol. The van der Waals surface area contributed by atoms with Crippen molar-refractivity contribution in [3.8, 4) is 0 Å². The van der Waals surface area contributed by atoms with Crippen LogP contribution < -0.4 is 5.32 Å². The minimum absolute atomic E-state index is 0.0327. The van der Waals surface area contributed by atoms with Gasteiger partial charge in [-0.05, 0) is 38.5 Å². The van der Waals surface area contributed by atoms with E-state index in [-0.39, 0.29) is 12.5 Å². The minimum atomic E-state index is -0.657. The molecule has 0 saturated carbocycles. The molecule has 0 aliphatic rings. The van der Waals surface area contributed by atoms with Crippen molar-refractivity contribution in [2.45, 2.75) is 264 Å². The van der Waals surface area contributed by atoms with Gasteiger partial charge in [-0.1, -0.05) is 219 Å². The van der Waals surface area contributed by atoms with E-state index >= 15 is 0 Å². The molecule has 0 fully saturated rings. The highest BCUT2D eigenvalue weighted by Gasteiger charge is 2.20. The first kappa shape index (κ1) is 48.1. The molecule has 0 bridgehead atoms. The molecule has 4 heteroatoms. The Morgan fingerprint density at radius 3 is 1.12 bits per heavy atom. The maximum Gasteiger partial charge on any atom is 0.220 e. The van der Waals surface area contributed by atoms with Crippen LogP contribution in [0.3, 0.4) is 0 Å². The molecule has 0 heterocycles. The largest absolute Gasteiger partial charge is 0.394 e. The number of amides is 1. The van der Waals surface area contributed by atoms with Crippen LogP contribution in [0.2, 0.25) is 0 Å². The summed E-state index contributed by atoms with van der Waals surface area (Å²) in [6, 6.07) is -0.534. The van der Waals surface area contributed by atoms with Crippen LogP contribution in [0, 0.1) is 0 Å². The molecule has 0 aliphatic heterocycles. The normalized spacial score (nSPS) is 13.0. The van der Waals surface area contributed by atoms with E-state index < -0.39 is 12.1 Å². The van der Waals surface area contributed by atoms with Gasteiger partial charge >= 0.3 is 0 Å². The molecule has 0 radical (unpaired) electrons. The predicted molar refractivity (Wildman–Crippen MR) is 216 cm³/mol. The molecule has 2 unspecified atom stereocenters. The second-order valence-corrected chi connectivity index (χ2v) is 15.5. The van der Waals surface area contributed by atoms with Gasteiger partial charge in [0.2, 0.25) is 5.91 Å². The van der Waals surface area contributed by atoms with Crippen LogP contribution in [0.1, 0.15) is 251 Å². The Morgan fingerprint density at radius 1 is 0.469 bits per heavy atom. The molecule has 49 heavy (non-hydrogen) atoms. The monoisotopic (exact) mass is 692 g/mol. The van der Waals surface area contributed by atoms with Gasteiger partial charge in [0, 0.05) is 6.42 Å². The summed E-state index contributed by atoms with van der Waals surface area (Å²) in [6.45, 7) is 4.37. The molecule has 0 spiro atoms. The lowest BCUT2D eigenvalue weighted by molar-refractivity contribution is -0.123. The summed E-state index contributed by atoms with van der Waals surface area (Å²) in [5.74, 6) is -0.0327. The van der Waals surface area contributed by atoms with Gasteiger partial charge in [-0.2, -0.15) is 0 Å². The van der Waals surface area contributed by atoms with Gasteiger partial charge < -0.3 is 15.5 Å². The lowest BCUT2D eigenvalue weighted by Gasteiger charge is -2.22. The third-order valence-electron chi connectivity index (χ3n) is 10.5. The van der Waals surface area contributed by atoms with E-state index in [2.05, 4.69) is 31.3 Å². The van der Waals surface area contributed by atoms with E-state index in [1.54, 1.807) is 0 Å². The SMILES string of the molecule is CCCCCCCCCCCC/C=C\CCCCCCCCCC(=O)NC(CO)C(O)CCCCCCCCCCCCCCCCCC. The summed E-state index contributed by atoms with van der Waals surface area (Å²) >= 11 is 0. The van der Waals surface area contributed by atoms with Crippen molar-refractivity contribution in [1.82, 2.24) is 5.32 Å². The molecule has 0 saturated heterocycles. The molecule has 2 atom stereocenters. The lowest BCUT2D eigenvalue weighted by atomic mass is 10.0. The number of carbonyl (C=O) groups excluding carboxylic acids is 1. The Morgan fingerprint density at radius 2 is 0.776 bits per heavy atom. The Bertz CT molecular complexity index is 666. The topological polar surface area (TPSA) is 69.6 Å². The number of allylic oxidation sites excluding steroid dienone is 2. The van der Waals surface area contributed by atoms with Crippen molar-refractivity contribution in [3.05, 3.63) is 12.2 Å². The van der Waals surface area contributed by atoms with Crippen molar-refractivity contribution < 1.29 is 15.0 Å². The highest BCUT2D eigenvalue weighted by Crippen LogP contribution is 2.16. The molecule has 0 rings (SSSR count). The first-order valence-corrected chi connectivity index (χ1v) is 22.4. The zero-order chi connectivity index (χ0) is 35.7. The van der Waals surface area contributed by atoms with Crippen molar-refractivity contribution >= 4 is 5.91 Å². The van der Waals surface area contributed by atoms with Gasteiger partial charge in [0.15, 0.2) is 0 Å². The Hall–Kier alpha value is -0.870. The summed E-state index contributed by atoms with van der Waals surface area (Å²) in [5, 5.41) is 23.2. The third-order valence-corrected chi connectivity index (χ3v) is 10.5. The standard InChI is InChI=1S/C45H89NO3/c1-3-5-7-9-11-13-15-17-19-21-22-23-24-25-27-29-31-33-35-37-39-41-45(49)46-43(42-47)44(48)40-38-36-34-32-30-28-26-20-18-16-14-12-10-8-6-4-2/h23-24,43-44,47-48H,3-22,25-42H2,1-2H3,(H,46,49)/b24-23-. The highest BCUT2D eigenvalue weighted by molar-refractivity contribution is 5.76.